The predicted molar refractivity (Wildman–Crippen MR) is 67.0 cm³/mol. The van der Waals surface area contributed by atoms with Crippen LogP contribution in [0.25, 0.3) is 0 Å². The number of hydrogen-bond donors (Lipinski definition) is 1. The van der Waals surface area contributed by atoms with E-state index in [9.17, 15) is 4.79 Å². The standard InChI is InChI=1S/C14H17NO2/c1-11(14(16)17)9-15-8-7-13(10-15)12-5-3-2-4-6-12/h2-6,13H,1,7-10H2,(H,16,17). The smallest absolute Gasteiger partial charge is 0.332 e. The van der Waals surface area contributed by atoms with E-state index in [1.165, 1.54) is 5.56 Å². The SMILES string of the molecule is C=C(CN1CCC(c2ccccc2)C1)C(=O)O. The average molecular weight is 231 g/mol. The van der Waals surface area contributed by atoms with E-state index in [-0.39, 0.29) is 5.57 Å². The lowest BCUT2D eigenvalue weighted by Gasteiger charge is -2.15. The lowest BCUT2D eigenvalue weighted by atomic mass is 9.99. The van der Waals surface area contributed by atoms with Crippen LogP contribution in [0.2, 0.25) is 0 Å². The van der Waals surface area contributed by atoms with Gasteiger partial charge in [-0.3, -0.25) is 4.90 Å². The minimum atomic E-state index is -0.895. The van der Waals surface area contributed by atoms with Crippen LogP contribution in [0.4, 0.5) is 0 Å². The van der Waals surface area contributed by atoms with Crippen LogP contribution in [0.15, 0.2) is 42.5 Å². The molecule has 1 aromatic carbocycles. The average Bonchev–Trinajstić information content (AvgIpc) is 2.78. The molecule has 1 N–H and O–H groups in total. The van der Waals surface area contributed by atoms with Crippen LogP contribution < -0.4 is 0 Å². The molecule has 1 aliphatic heterocycles. The van der Waals surface area contributed by atoms with Gasteiger partial charge in [-0.05, 0) is 24.4 Å². The molecule has 0 aliphatic carbocycles. The third-order valence-electron chi connectivity index (χ3n) is 3.26. The van der Waals surface area contributed by atoms with E-state index in [4.69, 9.17) is 5.11 Å². The highest BCUT2D eigenvalue weighted by atomic mass is 16.4. The Hall–Kier alpha value is -1.61. The minimum absolute atomic E-state index is 0.277. The fourth-order valence-electron chi connectivity index (χ4n) is 2.31. The summed E-state index contributed by atoms with van der Waals surface area (Å²) in [6.07, 6.45) is 1.09. The molecule has 3 heteroatoms. The number of nitrogens with zero attached hydrogens (tertiary/aromatic N) is 1. The van der Waals surface area contributed by atoms with Crippen LogP contribution in [-0.2, 0) is 4.79 Å². The molecule has 1 aromatic rings. The van der Waals surface area contributed by atoms with Crippen molar-refractivity contribution >= 4 is 5.97 Å². The molecule has 2 rings (SSSR count). The topological polar surface area (TPSA) is 40.5 Å². The first-order valence-electron chi connectivity index (χ1n) is 5.85. The molecule has 1 aliphatic rings. The van der Waals surface area contributed by atoms with Crippen LogP contribution in [0.1, 0.15) is 17.9 Å². The quantitative estimate of drug-likeness (QED) is 0.807. The monoisotopic (exact) mass is 231 g/mol. The van der Waals surface area contributed by atoms with Crippen LogP contribution in [0.3, 0.4) is 0 Å². The third kappa shape index (κ3) is 2.94. The Morgan fingerprint density at radius 1 is 1.41 bits per heavy atom. The summed E-state index contributed by atoms with van der Waals surface area (Å²) in [6.45, 7) is 5.92. The van der Waals surface area contributed by atoms with E-state index in [2.05, 4.69) is 23.6 Å². The number of carboxylic acid groups (broad SMARTS) is 1. The number of carbonyl (C=O) groups is 1. The van der Waals surface area contributed by atoms with Crippen molar-refractivity contribution in [1.82, 2.24) is 4.90 Å². The molecule has 0 bridgehead atoms. The lowest BCUT2D eigenvalue weighted by Crippen LogP contribution is -2.25. The normalized spacial score (nSPS) is 20.4. The summed E-state index contributed by atoms with van der Waals surface area (Å²) >= 11 is 0. The van der Waals surface area contributed by atoms with Gasteiger partial charge in [0.25, 0.3) is 0 Å². The van der Waals surface area contributed by atoms with Crippen molar-refractivity contribution in [3.05, 3.63) is 48.0 Å². The first-order chi connectivity index (χ1) is 8.16. The molecule has 0 aromatic heterocycles. The Balaban J connectivity index is 1.92. The lowest BCUT2D eigenvalue weighted by molar-refractivity contribution is -0.132. The van der Waals surface area contributed by atoms with Crippen LogP contribution in [0.5, 0.6) is 0 Å². The maximum Gasteiger partial charge on any atom is 0.332 e. The zero-order chi connectivity index (χ0) is 12.3. The molecule has 1 atom stereocenters. The Morgan fingerprint density at radius 2 is 2.12 bits per heavy atom. The van der Waals surface area contributed by atoms with Gasteiger partial charge in [-0.25, -0.2) is 4.79 Å². The summed E-state index contributed by atoms with van der Waals surface area (Å²) in [5.41, 5.74) is 1.62. The van der Waals surface area contributed by atoms with E-state index in [1.54, 1.807) is 0 Å². The van der Waals surface area contributed by atoms with E-state index in [1.807, 2.05) is 18.2 Å². The highest BCUT2D eigenvalue weighted by Gasteiger charge is 2.24. The first-order valence-corrected chi connectivity index (χ1v) is 5.85. The summed E-state index contributed by atoms with van der Waals surface area (Å²) in [4.78, 5) is 12.9. The molecular weight excluding hydrogens is 214 g/mol. The molecule has 0 radical (unpaired) electrons. The minimum Gasteiger partial charge on any atom is -0.478 e. The van der Waals surface area contributed by atoms with Crippen LogP contribution in [-0.4, -0.2) is 35.6 Å². The summed E-state index contributed by atoms with van der Waals surface area (Å²) in [5.74, 6) is -0.369. The number of rotatable bonds is 4. The Labute approximate surface area is 101 Å². The summed E-state index contributed by atoms with van der Waals surface area (Å²) in [6, 6.07) is 10.4. The van der Waals surface area contributed by atoms with E-state index in [0.717, 1.165) is 19.5 Å². The number of benzene rings is 1. The molecule has 17 heavy (non-hydrogen) atoms. The van der Waals surface area contributed by atoms with Crippen molar-refractivity contribution in [3.8, 4) is 0 Å². The summed E-state index contributed by atoms with van der Waals surface area (Å²) in [5, 5.41) is 8.80. The van der Waals surface area contributed by atoms with Gasteiger partial charge in [0.1, 0.15) is 0 Å². The summed E-state index contributed by atoms with van der Waals surface area (Å²) in [7, 11) is 0. The Kier molecular flexibility index (Phi) is 3.59. The van der Waals surface area contributed by atoms with Gasteiger partial charge in [0, 0.05) is 18.7 Å². The molecule has 1 unspecified atom stereocenters. The molecule has 1 heterocycles. The highest BCUT2D eigenvalue weighted by Crippen LogP contribution is 2.27. The first kappa shape index (κ1) is 11.9. The fraction of sp³-hybridized carbons (Fsp3) is 0.357. The van der Waals surface area contributed by atoms with Gasteiger partial charge >= 0.3 is 5.97 Å². The molecule has 90 valence electrons. The van der Waals surface area contributed by atoms with E-state index < -0.39 is 5.97 Å². The number of aliphatic carboxylic acids is 1. The number of hydrogen-bond acceptors (Lipinski definition) is 2. The highest BCUT2D eigenvalue weighted by molar-refractivity contribution is 5.86. The van der Waals surface area contributed by atoms with Gasteiger partial charge < -0.3 is 5.11 Å². The maximum absolute atomic E-state index is 10.7. The molecule has 0 spiro atoms. The second-order valence-corrected chi connectivity index (χ2v) is 4.54. The molecular formula is C14H17NO2. The van der Waals surface area contributed by atoms with Gasteiger partial charge in [-0.2, -0.15) is 0 Å². The second-order valence-electron chi connectivity index (χ2n) is 4.54. The zero-order valence-electron chi connectivity index (χ0n) is 9.80. The van der Waals surface area contributed by atoms with Crippen molar-refractivity contribution in [2.45, 2.75) is 12.3 Å². The van der Waals surface area contributed by atoms with Crippen molar-refractivity contribution in [2.75, 3.05) is 19.6 Å². The molecule has 1 saturated heterocycles. The van der Waals surface area contributed by atoms with Crippen molar-refractivity contribution in [1.29, 1.82) is 0 Å². The zero-order valence-corrected chi connectivity index (χ0v) is 9.80. The fourth-order valence-corrected chi connectivity index (χ4v) is 2.31. The van der Waals surface area contributed by atoms with Crippen LogP contribution in [0, 0.1) is 0 Å². The predicted octanol–water partition coefficient (Wildman–Crippen LogP) is 2.12. The maximum atomic E-state index is 10.7. The van der Waals surface area contributed by atoms with E-state index in [0.29, 0.717) is 12.5 Å². The van der Waals surface area contributed by atoms with Crippen molar-refractivity contribution in [2.24, 2.45) is 0 Å². The Bertz CT molecular complexity index is 413. The second kappa shape index (κ2) is 5.15. The van der Waals surface area contributed by atoms with Gasteiger partial charge in [0.2, 0.25) is 0 Å². The van der Waals surface area contributed by atoms with Gasteiger partial charge in [-0.15, -0.1) is 0 Å². The van der Waals surface area contributed by atoms with Crippen molar-refractivity contribution < 1.29 is 9.90 Å². The summed E-state index contributed by atoms with van der Waals surface area (Å²) < 4.78 is 0. The van der Waals surface area contributed by atoms with Gasteiger partial charge in [0.05, 0.1) is 0 Å². The number of likely N-dealkylation sites (tertiary alicyclic amines) is 1. The van der Waals surface area contributed by atoms with Gasteiger partial charge in [-0.1, -0.05) is 36.9 Å². The van der Waals surface area contributed by atoms with Crippen molar-refractivity contribution in [3.63, 3.8) is 0 Å². The Morgan fingerprint density at radius 3 is 2.76 bits per heavy atom. The third-order valence-corrected chi connectivity index (χ3v) is 3.26. The van der Waals surface area contributed by atoms with Gasteiger partial charge in [0.15, 0.2) is 0 Å². The largest absolute Gasteiger partial charge is 0.478 e. The molecule has 3 nitrogen and oxygen atoms in total. The molecule has 0 saturated carbocycles. The molecule has 1 fully saturated rings. The molecule has 0 amide bonds. The number of carboxylic acids is 1. The van der Waals surface area contributed by atoms with E-state index >= 15 is 0 Å². The van der Waals surface area contributed by atoms with Crippen LogP contribution >= 0.6 is 0 Å².